The average Bonchev–Trinajstić information content (AvgIpc) is 2.40. The number of nitriles is 1. The zero-order valence-corrected chi connectivity index (χ0v) is 14.9. The molecule has 3 aliphatic rings. The number of carboxylic acid groups (broad SMARTS) is 2. The van der Waals surface area contributed by atoms with E-state index >= 15 is 0 Å². The summed E-state index contributed by atoms with van der Waals surface area (Å²) in [6, 6.07) is 2.06. The van der Waals surface area contributed by atoms with Gasteiger partial charge in [0.2, 0.25) is 0 Å². The summed E-state index contributed by atoms with van der Waals surface area (Å²) in [5, 5.41) is 25.1. The first kappa shape index (κ1) is 22.6. The summed E-state index contributed by atoms with van der Waals surface area (Å²) in [6.45, 7) is 1.80. The molecule has 0 heterocycles. The molecular formula is C16H28ClN3O4. The fraction of sp³-hybridized carbons (Fsp3) is 0.812. The van der Waals surface area contributed by atoms with E-state index in [1.807, 2.05) is 0 Å². The van der Waals surface area contributed by atoms with Crippen molar-refractivity contribution in [2.45, 2.75) is 75.8 Å². The van der Waals surface area contributed by atoms with Crippen LogP contribution in [0.3, 0.4) is 0 Å². The lowest BCUT2D eigenvalue weighted by Crippen LogP contribution is -2.53. The van der Waals surface area contributed by atoms with E-state index in [0.29, 0.717) is 12.8 Å². The Morgan fingerprint density at radius 3 is 1.33 bits per heavy atom. The predicted molar refractivity (Wildman–Crippen MR) is 91.6 cm³/mol. The van der Waals surface area contributed by atoms with Gasteiger partial charge in [0.05, 0.1) is 11.5 Å². The van der Waals surface area contributed by atoms with Crippen LogP contribution >= 0.6 is 12.4 Å². The van der Waals surface area contributed by atoms with E-state index in [-0.39, 0.29) is 17.8 Å². The molecule has 8 heteroatoms. The molecule has 3 fully saturated rings. The van der Waals surface area contributed by atoms with Crippen LogP contribution in [0.15, 0.2) is 0 Å². The van der Waals surface area contributed by atoms with Gasteiger partial charge in [-0.05, 0) is 58.3 Å². The zero-order valence-electron chi connectivity index (χ0n) is 14.1. The molecule has 0 aromatic carbocycles. The summed E-state index contributed by atoms with van der Waals surface area (Å²) in [5.74, 6) is -1.49. The number of hydrogen-bond acceptors (Lipinski definition) is 5. The highest BCUT2D eigenvalue weighted by molar-refractivity contribution is 5.85. The second kappa shape index (κ2) is 8.65. The highest BCUT2D eigenvalue weighted by atomic mass is 35.5. The van der Waals surface area contributed by atoms with Crippen LogP contribution in [0.1, 0.15) is 64.7 Å². The maximum Gasteiger partial charge on any atom is 0.323 e. The lowest BCUT2D eigenvalue weighted by molar-refractivity contribution is -0.152. The Balaban J connectivity index is 0.000000325. The summed E-state index contributed by atoms with van der Waals surface area (Å²) >= 11 is 0. The molecule has 0 aromatic rings. The van der Waals surface area contributed by atoms with E-state index < -0.39 is 23.0 Å². The third-order valence-electron chi connectivity index (χ3n) is 5.11. The van der Waals surface area contributed by atoms with Crippen LogP contribution in [0.25, 0.3) is 0 Å². The van der Waals surface area contributed by atoms with Gasteiger partial charge < -0.3 is 21.7 Å². The summed E-state index contributed by atoms with van der Waals surface area (Å²) in [4.78, 5) is 20.5. The van der Waals surface area contributed by atoms with Gasteiger partial charge in [0.15, 0.2) is 0 Å². The van der Waals surface area contributed by atoms with Crippen LogP contribution in [-0.4, -0.2) is 33.2 Å². The summed E-state index contributed by atoms with van der Waals surface area (Å²) in [6.07, 6.45) is 7.97. The van der Waals surface area contributed by atoms with Crippen molar-refractivity contribution in [1.29, 1.82) is 5.26 Å². The van der Waals surface area contributed by atoms with Crippen LogP contribution in [-0.2, 0) is 9.59 Å². The molecule has 3 aliphatic carbocycles. The smallest absolute Gasteiger partial charge is 0.323 e. The third-order valence-corrected chi connectivity index (χ3v) is 5.11. The standard InChI is InChI=1S/C6H10O2.C5H8N2.C5H9NO2.ClH/c1-6(5(7)8)3-2-4-6;6-4-5(7)2-1-3-5;6-5(4(7)8)2-1-3-5;/h2-4H2,1H3,(H,7,8);1-3,7H2;1-3,6H2,(H,7,8);1H. The Labute approximate surface area is 148 Å². The van der Waals surface area contributed by atoms with Gasteiger partial charge in [-0.25, -0.2) is 0 Å². The molecule has 0 aromatic heterocycles. The third kappa shape index (κ3) is 5.62. The van der Waals surface area contributed by atoms with E-state index in [9.17, 15) is 9.59 Å². The van der Waals surface area contributed by atoms with Gasteiger partial charge >= 0.3 is 11.9 Å². The predicted octanol–water partition coefficient (Wildman–Crippen LogP) is 2.03. The number of carboxylic acids is 2. The minimum absolute atomic E-state index is 0. The van der Waals surface area contributed by atoms with Crippen molar-refractivity contribution in [2.24, 2.45) is 16.9 Å². The van der Waals surface area contributed by atoms with Crippen LogP contribution < -0.4 is 11.5 Å². The maximum atomic E-state index is 10.3. The molecule has 0 atom stereocenters. The minimum Gasteiger partial charge on any atom is -0.481 e. The Morgan fingerprint density at radius 1 is 0.917 bits per heavy atom. The fourth-order valence-corrected chi connectivity index (χ4v) is 2.36. The monoisotopic (exact) mass is 361 g/mol. The Morgan fingerprint density at radius 2 is 1.33 bits per heavy atom. The van der Waals surface area contributed by atoms with Gasteiger partial charge in [-0.2, -0.15) is 5.26 Å². The van der Waals surface area contributed by atoms with Crippen molar-refractivity contribution in [3.05, 3.63) is 0 Å². The lowest BCUT2D eigenvalue weighted by atomic mass is 9.71. The Bertz CT molecular complexity index is 462. The normalized spacial score (nSPS) is 23.4. The molecule has 7 nitrogen and oxygen atoms in total. The molecule has 3 rings (SSSR count). The number of hydrogen-bond donors (Lipinski definition) is 4. The van der Waals surface area contributed by atoms with Gasteiger partial charge in [0.25, 0.3) is 0 Å². The molecule has 0 amide bonds. The zero-order chi connectivity index (χ0) is 17.7. The molecule has 0 radical (unpaired) electrons. The van der Waals surface area contributed by atoms with Gasteiger partial charge in [-0.15, -0.1) is 12.4 Å². The number of nitrogens with zero attached hydrogens (tertiary/aromatic N) is 1. The quantitative estimate of drug-likeness (QED) is 0.587. The van der Waals surface area contributed by atoms with Crippen molar-refractivity contribution < 1.29 is 19.8 Å². The molecule has 138 valence electrons. The van der Waals surface area contributed by atoms with Gasteiger partial charge in [-0.1, -0.05) is 6.42 Å². The molecule has 6 N–H and O–H groups in total. The highest BCUT2D eigenvalue weighted by Gasteiger charge is 2.40. The van der Waals surface area contributed by atoms with Gasteiger partial charge in [0, 0.05) is 0 Å². The highest BCUT2D eigenvalue weighted by Crippen LogP contribution is 2.40. The summed E-state index contributed by atoms with van der Waals surface area (Å²) in [7, 11) is 0. The number of halogens is 1. The molecule has 0 aliphatic heterocycles. The molecule has 0 spiro atoms. The second-order valence-electron chi connectivity index (χ2n) is 7.16. The Hall–Kier alpha value is -1.36. The van der Waals surface area contributed by atoms with Crippen molar-refractivity contribution in [2.75, 3.05) is 0 Å². The summed E-state index contributed by atoms with van der Waals surface area (Å²) in [5.41, 5.74) is 9.13. The molecule has 0 bridgehead atoms. The first-order valence-corrected chi connectivity index (χ1v) is 8.03. The second-order valence-corrected chi connectivity index (χ2v) is 7.16. The molecular weight excluding hydrogens is 334 g/mol. The SMILES string of the molecule is CC1(C(=O)O)CCC1.Cl.N#CC1(N)CCC1.NC1(C(=O)O)CCC1. The molecule has 0 unspecified atom stereocenters. The number of aliphatic carboxylic acids is 2. The van der Waals surface area contributed by atoms with E-state index in [2.05, 4.69) is 6.07 Å². The first-order chi connectivity index (χ1) is 10.6. The minimum atomic E-state index is -0.861. The van der Waals surface area contributed by atoms with Crippen LogP contribution in [0.2, 0.25) is 0 Å². The topological polar surface area (TPSA) is 150 Å². The van der Waals surface area contributed by atoms with Crippen LogP contribution in [0, 0.1) is 16.7 Å². The largest absolute Gasteiger partial charge is 0.481 e. The maximum absolute atomic E-state index is 10.3. The average molecular weight is 362 g/mol. The number of rotatable bonds is 2. The van der Waals surface area contributed by atoms with Crippen molar-refractivity contribution >= 4 is 24.3 Å². The number of nitrogens with two attached hydrogens (primary N) is 2. The van der Waals surface area contributed by atoms with Crippen molar-refractivity contribution in [1.82, 2.24) is 0 Å². The summed E-state index contributed by atoms with van der Waals surface area (Å²) < 4.78 is 0. The van der Waals surface area contributed by atoms with Crippen LogP contribution in [0.4, 0.5) is 0 Å². The molecule has 24 heavy (non-hydrogen) atoms. The number of carbonyl (C=O) groups is 2. The van der Waals surface area contributed by atoms with Crippen molar-refractivity contribution in [3.8, 4) is 6.07 Å². The van der Waals surface area contributed by atoms with Gasteiger partial charge in [0.1, 0.15) is 11.1 Å². The van der Waals surface area contributed by atoms with E-state index in [4.69, 9.17) is 26.9 Å². The lowest BCUT2D eigenvalue weighted by Gasteiger charge is -2.33. The van der Waals surface area contributed by atoms with Crippen LogP contribution in [0.5, 0.6) is 0 Å². The van der Waals surface area contributed by atoms with E-state index in [1.165, 1.54) is 0 Å². The van der Waals surface area contributed by atoms with E-state index in [1.54, 1.807) is 6.92 Å². The molecule has 0 saturated heterocycles. The van der Waals surface area contributed by atoms with E-state index in [0.717, 1.165) is 44.9 Å². The molecule has 3 saturated carbocycles. The first-order valence-electron chi connectivity index (χ1n) is 8.03. The van der Waals surface area contributed by atoms with Gasteiger partial charge in [-0.3, -0.25) is 9.59 Å². The fourth-order valence-electron chi connectivity index (χ4n) is 2.36. The van der Waals surface area contributed by atoms with Crippen molar-refractivity contribution in [3.63, 3.8) is 0 Å². The Kier molecular flexibility index (Phi) is 8.16.